The van der Waals surface area contributed by atoms with Gasteiger partial charge >= 0.3 is 0 Å². The summed E-state index contributed by atoms with van der Waals surface area (Å²) in [7, 11) is 1.79. The molecule has 3 nitrogen and oxygen atoms in total. The Morgan fingerprint density at radius 2 is 2.10 bits per heavy atom. The predicted molar refractivity (Wildman–Crippen MR) is 81.1 cm³/mol. The zero-order valence-corrected chi connectivity index (χ0v) is 12.0. The van der Waals surface area contributed by atoms with Crippen LogP contribution >= 0.6 is 11.3 Å². The van der Waals surface area contributed by atoms with Gasteiger partial charge in [0.25, 0.3) is 0 Å². The van der Waals surface area contributed by atoms with Gasteiger partial charge in [0, 0.05) is 18.0 Å². The minimum Gasteiger partial charge on any atom is -0.383 e. The van der Waals surface area contributed by atoms with Crippen molar-refractivity contribution in [3.63, 3.8) is 0 Å². The number of hydrogen-bond acceptors (Lipinski definition) is 3. The molecule has 0 unspecified atom stereocenters. The van der Waals surface area contributed by atoms with Gasteiger partial charge in [0.05, 0.1) is 5.56 Å². The molecule has 0 fully saturated rings. The van der Waals surface area contributed by atoms with Crippen molar-refractivity contribution in [2.45, 2.75) is 6.92 Å². The Hall–Kier alpha value is -2.14. The first-order valence-corrected chi connectivity index (χ1v) is 7.14. The van der Waals surface area contributed by atoms with Gasteiger partial charge in [-0.2, -0.15) is 16.4 Å². The minimum absolute atomic E-state index is 0.279. The third kappa shape index (κ3) is 2.00. The second kappa shape index (κ2) is 4.76. The number of nitrogens with two attached hydrogens (primary N) is 1. The van der Waals surface area contributed by atoms with Crippen molar-refractivity contribution >= 4 is 17.2 Å². The molecule has 0 bridgehead atoms. The van der Waals surface area contributed by atoms with E-state index in [9.17, 15) is 4.39 Å². The topological polar surface area (TPSA) is 43.8 Å². The smallest absolute Gasteiger partial charge is 0.129 e. The van der Waals surface area contributed by atoms with Crippen LogP contribution in [-0.4, -0.2) is 9.78 Å². The molecular weight excluding hydrogens is 273 g/mol. The average Bonchev–Trinajstić information content (AvgIpc) is 2.94. The van der Waals surface area contributed by atoms with E-state index in [0.29, 0.717) is 5.82 Å². The minimum atomic E-state index is -0.279. The maximum absolute atomic E-state index is 13.5. The molecule has 1 aromatic carbocycles. The monoisotopic (exact) mass is 287 g/mol. The largest absolute Gasteiger partial charge is 0.383 e. The van der Waals surface area contributed by atoms with Crippen molar-refractivity contribution in [2.24, 2.45) is 7.05 Å². The number of anilines is 1. The Morgan fingerprint density at radius 3 is 2.75 bits per heavy atom. The van der Waals surface area contributed by atoms with Crippen molar-refractivity contribution in [2.75, 3.05) is 5.73 Å². The van der Waals surface area contributed by atoms with Gasteiger partial charge in [0.1, 0.15) is 17.3 Å². The summed E-state index contributed by atoms with van der Waals surface area (Å²) in [6.45, 7) is 2.03. The lowest BCUT2D eigenvalue weighted by Gasteiger charge is -2.04. The highest BCUT2D eigenvalue weighted by atomic mass is 32.1. The van der Waals surface area contributed by atoms with Crippen LogP contribution in [0.3, 0.4) is 0 Å². The normalized spacial score (nSPS) is 10.9. The Labute approximate surface area is 120 Å². The molecule has 3 rings (SSSR count). The Morgan fingerprint density at radius 1 is 1.30 bits per heavy atom. The fraction of sp³-hybridized carbons (Fsp3) is 0.133. The standard InChI is InChI=1S/C15H14FN3S/c1-9-7-20-8-12(9)14-13(15(17)19(2)18-14)10-4-3-5-11(16)6-10/h3-8H,17H2,1-2H3. The molecule has 2 heterocycles. The highest BCUT2D eigenvalue weighted by molar-refractivity contribution is 7.08. The lowest BCUT2D eigenvalue weighted by Crippen LogP contribution is -1.98. The molecule has 0 saturated carbocycles. The third-order valence-electron chi connectivity index (χ3n) is 3.32. The average molecular weight is 287 g/mol. The van der Waals surface area contributed by atoms with Gasteiger partial charge in [0.15, 0.2) is 0 Å². The molecule has 0 spiro atoms. The van der Waals surface area contributed by atoms with Crippen LogP contribution in [0.1, 0.15) is 5.56 Å². The van der Waals surface area contributed by atoms with Gasteiger partial charge in [-0.3, -0.25) is 4.68 Å². The quantitative estimate of drug-likeness (QED) is 0.778. The van der Waals surface area contributed by atoms with Crippen molar-refractivity contribution in [3.8, 4) is 22.4 Å². The van der Waals surface area contributed by atoms with E-state index in [0.717, 1.165) is 27.9 Å². The van der Waals surface area contributed by atoms with E-state index < -0.39 is 0 Å². The fourth-order valence-electron chi connectivity index (χ4n) is 2.26. The molecule has 0 aliphatic carbocycles. The van der Waals surface area contributed by atoms with Gasteiger partial charge < -0.3 is 5.73 Å². The second-order valence-electron chi connectivity index (χ2n) is 4.71. The van der Waals surface area contributed by atoms with Crippen molar-refractivity contribution in [3.05, 3.63) is 46.4 Å². The summed E-state index contributed by atoms with van der Waals surface area (Å²) in [5.74, 6) is 0.259. The molecule has 2 aromatic heterocycles. The molecule has 0 saturated heterocycles. The number of hydrogen-bond donors (Lipinski definition) is 1. The van der Waals surface area contributed by atoms with Crippen molar-refractivity contribution in [1.29, 1.82) is 0 Å². The summed E-state index contributed by atoms with van der Waals surface area (Å²) in [5, 5.41) is 8.60. The summed E-state index contributed by atoms with van der Waals surface area (Å²) in [4.78, 5) is 0. The number of aromatic nitrogens is 2. The lowest BCUT2D eigenvalue weighted by atomic mass is 10.0. The van der Waals surface area contributed by atoms with Gasteiger partial charge in [-0.05, 0) is 35.6 Å². The highest BCUT2D eigenvalue weighted by Gasteiger charge is 2.19. The van der Waals surface area contributed by atoms with Gasteiger partial charge in [-0.15, -0.1) is 0 Å². The first kappa shape index (κ1) is 12.9. The summed E-state index contributed by atoms with van der Waals surface area (Å²) < 4.78 is 15.1. The van der Waals surface area contributed by atoms with Crippen LogP contribution in [0.25, 0.3) is 22.4 Å². The third-order valence-corrected chi connectivity index (χ3v) is 4.18. The molecule has 20 heavy (non-hydrogen) atoms. The number of benzene rings is 1. The predicted octanol–water partition coefficient (Wildman–Crippen LogP) is 3.85. The van der Waals surface area contributed by atoms with E-state index in [4.69, 9.17) is 5.73 Å². The zero-order chi connectivity index (χ0) is 14.3. The summed E-state index contributed by atoms with van der Waals surface area (Å²) in [5.41, 5.74) is 10.6. The van der Waals surface area contributed by atoms with E-state index in [2.05, 4.69) is 10.5 Å². The van der Waals surface area contributed by atoms with E-state index in [1.54, 1.807) is 29.1 Å². The number of nitrogens with zero attached hydrogens (tertiary/aromatic N) is 2. The molecule has 5 heteroatoms. The molecule has 2 N–H and O–H groups in total. The zero-order valence-electron chi connectivity index (χ0n) is 11.2. The van der Waals surface area contributed by atoms with Crippen LogP contribution in [0.2, 0.25) is 0 Å². The van der Waals surface area contributed by atoms with E-state index in [1.807, 2.05) is 18.4 Å². The van der Waals surface area contributed by atoms with Gasteiger partial charge in [0.2, 0.25) is 0 Å². The Kier molecular flexibility index (Phi) is 3.06. The fourth-order valence-corrected chi connectivity index (χ4v) is 3.09. The van der Waals surface area contributed by atoms with E-state index >= 15 is 0 Å². The van der Waals surface area contributed by atoms with E-state index in [1.165, 1.54) is 12.1 Å². The summed E-state index contributed by atoms with van der Waals surface area (Å²) >= 11 is 1.62. The number of halogens is 1. The first-order chi connectivity index (χ1) is 9.58. The van der Waals surface area contributed by atoms with Crippen LogP contribution in [0.15, 0.2) is 35.0 Å². The number of nitrogen functional groups attached to an aromatic ring is 1. The molecule has 0 atom stereocenters. The van der Waals surface area contributed by atoms with Gasteiger partial charge in [-0.25, -0.2) is 4.39 Å². The van der Waals surface area contributed by atoms with Crippen LogP contribution < -0.4 is 5.73 Å². The molecule has 0 amide bonds. The molecule has 0 radical (unpaired) electrons. The van der Waals surface area contributed by atoms with Crippen LogP contribution in [0, 0.1) is 12.7 Å². The maximum Gasteiger partial charge on any atom is 0.129 e. The molecule has 0 aliphatic rings. The molecule has 3 aromatic rings. The maximum atomic E-state index is 13.5. The summed E-state index contributed by atoms with van der Waals surface area (Å²) in [6, 6.07) is 6.44. The lowest BCUT2D eigenvalue weighted by molar-refractivity contribution is 0.628. The van der Waals surface area contributed by atoms with Gasteiger partial charge in [-0.1, -0.05) is 12.1 Å². The summed E-state index contributed by atoms with van der Waals surface area (Å²) in [6.07, 6.45) is 0. The number of rotatable bonds is 2. The first-order valence-electron chi connectivity index (χ1n) is 6.19. The van der Waals surface area contributed by atoms with Crippen LogP contribution in [-0.2, 0) is 7.05 Å². The highest BCUT2D eigenvalue weighted by Crippen LogP contribution is 2.38. The molecule has 0 aliphatic heterocycles. The number of thiophene rings is 1. The second-order valence-corrected chi connectivity index (χ2v) is 5.45. The van der Waals surface area contributed by atoms with Crippen LogP contribution in [0.5, 0.6) is 0 Å². The van der Waals surface area contributed by atoms with Crippen LogP contribution in [0.4, 0.5) is 10.2 Å². The van der Waals surface area contributed by atoms with Crippen molar-refractivity contribution in [1.82, 2.24) is 9.78 Å². The number of aryl methyl sites for hydroxylation is 2. The Balaban J connectivity index is 2.28. The molecular formula is C15H14FN3S. The Bertz CT molecular complexity index is 773. The van der Waals surface area contributed by atoms with Crippen molar-refractivity contribution < 1.29 is 4.39 Å². The molecule has 102 valence electrons. The van der Waals surface area contributed by atoms with E-state index in [-0.39, 0.29) is 5.82 Å². The SMILES string of the molecule is Cc1cscc1-c1nn(C)c(N)c1-c1cccc(F)c1.